The molecule has 2 rings (SSSR count). The molecule has 0 aliphatic heterocycles. The van der Waals surface area contributed by atoms with Gasteiger partial charge in [-0.1, -0.05) is 6.07 Å². The van der Waals surface area contributed by atoms with Crippen LogP contribution >= 0.6 is 0 Å². The van der Waals surface area contributed by atoms with Crippen LogP contribution in [0.5, 0.6) is 0 Å². The van der Waals surface area contributed by atoms with Crippen LogP contribution in [0.3, 0.4) is 0 Å². The molecular weight excluding hydrogens is 295 g/mol. The highest BCUT2D eigenvalue weighted by Crippen LogP contribution is 2.30. The van der Waals surface area contributed by atoms with Gasteiger partial charge in [0, 0.05) is 12.4 Å². The molecule has 0 bridgehead atoms. The van der Waals surface area contributed by atoms with Gasteiger partial charge in [-0.2, -0.15) is 13.2 Å². The van der Waals surface area contributed by atoms with Gasteiger partial charge >= 0.3 is 6.18 Å². The number of alkyl halides is 3. The minimum Gasteiger partial charge on any atom is -0.347 e. The van der Waals surface area contributed by atoms with Crippen LogP contribution in [0, 0.1) is 0 Å². The second-order valence-corrected chi connectivity index (χ2v) is 5.65. The number of aromatic amines is 1. The van der Waals surface area contributed by atoms with Gasteiger partial charge in [0.05, 0.1) is 17.0 Å². The van der Waals surface area contributed by atoms with E-state index in [-0.39, 0.29) is 6.54 Å². The average Bonchev–Trinajstić information content (AvgIpc) is 2.89. The van der Waals surface area contributed by atoms with E-state index in [0.717, 1.165) is 18.2 Å². The van der Waals surface area contributed by atoms with Crippen LogP contribution in [-0.4, -0.2) is 18.4 Å². The van der Waals surface area contributed by atoms with Crippen molar-refractivity contribution in [3.8, 4) is 0 Å². The minimum atomic E-state index is -4.59. The zero-order chi connectivity index (χ0) is 14.8. The van der Waals surface area contributed by atoms with E-state index < -0.39 is 26.7 Å². The molecule has 108 valence electrons. The Kier molecular flexibility index (Phi) is 3.82. The zero-order valence-electron chi connectivity index (χ0n) is 9.98. The molecule has 0 radical (unpaired) electrons. The lowest BCUT2D eigenvalue weighted by atomic mass is 10.2. The third-order valence-electron chi connectivity index (χ3n) is 2.46. The van der Waals surface area contributed by atoms with Crippen molar-refractivity contribution in [2.75, 3.05) is 0 Å². The number of sulfonamides is 1. The monoisotopic (exact) mass is 305 g/mol. The zero-order valence-corrected chi connectivity index (χ0v) is 10.8. The summed E-state index contributed by atoms with van der Waals surface area (Å²) in [5, 5.41) is 0. The molecule has 1 aromatic carbocycles. The molecule has 1 heterocycles. The van der Waals surface area contributed by atoms with Gasteiger partial charge in [-0.25, -0.2) is 18.1 Å². The third kappa shape index (κ3) is 3.36. The van der Waals surface area contributed by atoms with Crippen molar-refractivity contribution in [2.45, 2.75) is 17.6 Å². The van der Waals surface area contributed by atoms with Gasteiger partial charge in [-0.15, -0.1) is 0 Å². The fraction of sp³-hybridized carbons (Fsp3) is 0.182. The molecule has 9 heteroatoms. The van der Waals surface area contributed by atoms with Crippen molar-refractivity contribution in [3.05, 3.63) is 48.0 Å². The van der Waals surface area contributed by atoms with Crippen molar-refractivity contribution >= 4 is 10.0 Å². The smallest absolute Gasteiger partial charge is 0.347 e. The number of halogens is 3. The SMILES string of the molecule is O=S(=O)(NCc1ncc[nH]1)c1cccc(C(F)(F)F)c1. The van der Waals surface area contributed by atoms with Crippen LogP contribution in [0.1, 0.15) is 11.4 Å². The molecule has 2 aromatic rings. The number of H-pyrrole nitrogens is 1. The summed E-state index contributed by atoms with van der Waals surface area (Å²) >= 11 is 0. The highest BCUT2D eigenvalue weighted by molar-refractivity contribution is 7.89. The Balaban J connectivity index is 2.21. The summed E-state index contributed by atoms with van der Waals surface area (Å²) in [6.07, 6.45) is -1.64. The van der Waals surface area contributed by atoms with E-state index in [1.54, 1.807) is 0 Å². The molecule has 20 heavy (non-hydrogen) atoms. The number of rotatable bonds is 4. The van der Waals surface area contributed by atoms with Gasteiger partial charge < -0.3 is 4.98 Å². The van der Waals surface area contributed by atoms with Crippen molar-refractivity contribution in [1.82, 2.24) is 14.7 Å². The summed E-state index contributed by atoms with van der Waals surface area (Å²) in [5.41, 5.74) is -1.02. The molecule has 0 spiro atoms. The van der Waals surface area contributed by atoms with Crippen LogP contribution in [0.15, 0.2) is 41.6 Å². The van der Waals surface area contributed by atoms with Crippen molar-refractivity contribution in [1.29, 1.82) is 0 Å². The number of benzene rings is 1. The van der Waals surface area contributed by atoms with Crippen LogP contribution in [0.2, 0.25) is 0 Å². The quantitative estimate of drug-likeness (QED) is 0.906. The number of nitrogens with zero attached hydrogens (tertiary/aromatic N) is 1. The number of hydrogen-bond donors (Lipinski definition) is 2. The van der Waals surface area contributed by atoms with E-state index in [1.807, 2.05) is 0 Å². The Morgan fingerprint density at radius 2 is 2.05 bits per heavy atom. The largest absolute Gasteiger partial charge is 0.416 e. The summed E-state index contributed by atoms with van der Waals surface area (Å²) in [7, 11) is -4.03. The Morgan fingerprint density at radius 3 is 2.65 bits per heavy atom. The minimum absolute atomic E-state index is 0.133. The van der Waals surface area contributed by atoms with Crippen LogP contribution in [0.25, 0.3) is 0 Å². The molecule has 0 amide bonds. The van der Waals surface area contributed by atoms with Crippen molar-refractivity contribution in [3.63, 3.8) is 0 Å². The third-order valence-corrected chi connectivity index (χ3v) is 3.86. The van der Waals surface area contributed by atoms with Gasteiger partial charge in [0.15, 0.2) is 0 Å². The second-order valence-electron chi connectivity index (χ2n) is 3.89. The lowest BCUT2D eigenvalue weighted by Crippen LogP contribution is -2.24. The number of nitrogens with one attached hydrogen (secondary N) is 2. The molecule has 2 N–H and O–H groups in total. The molecule has 5 nitrogen and oxygen atoms in total. The summed E-state index contributed by atoms with van der Waals surface area (Å²) in [6.45, 7) is -0.133. The molecule has 1 aromatic heterocycles. The van der Waals surface area contributed by atoms with Crippen LogP contribution in [0.4, 0.5) is 13.2 Å². The van der Waals surface area contributed by atoms with Gasteiger partial charge in [-0.05, 0) is 18.2 Å². The van der Waals surface area contributed by atoms with E-state index >= 15 is 0 Å². The van der Waals surface area contributed by atoms with E-state index in [0.29, 0.717) is 11.9 Å². The first-order valence-corrected chi connectivity index (χ1v) is 6.92. The lowest BCUT2D eigenvalue weighted by Gasteiger charge is -2.09. The second kappa shape index (κ2) is 5.25. The van der Waals surface area contributed by atoms with Crippen LogP contribution in [-0.2, 0) is 22.7 Å². The van der Waals surface area contributed by atoms with Crippen molar-refractivity contribution < 1.29 is 21.6 Å². The maximum Gasteiger partial charge on any atom is 0.416 e. The normalized spacial score (nSPS) is 12.6. The molecule has 0 atom stereocenters. The number of imidazole rings is 1. The van der Waals surface area contributed by atoms with Gasteiger partial charge in [-0.3, -0.25) is 0 Å². The summed E-state index contributed by atoms with van der Waals surface area (Å²) < 4.78 is 63.5. The number of hydrogen-bond acceptors (Lipinski definition) is 3. The van der Waals surface area contributed by atoms with Gasteiger partial charge in [0.1, 0.15) is 5.82 Å². The number of aromatic nitrogens is 2. The lowest BCUT2D eigenvalue weighted by molar-refractivity contribution is -0.137. The standard InChI is InChI=1S/C11H10F3N3O2S/c12-11(13,14)8-2-1-3-9(6-8)20(18,19)17-7-10-15-4-5-16-10/h1-6,17H,7H2,(H,15,16). The van der Waals surface area contributed by atoms with Crippen LogP contribution < -0.4 is 4.72 Å². The fourth-order valence-electron chi connectivity index (χ4n) is 1.48. The Hall–Kier alpha value is -1.87. The van der Waals surface area contributed by atoms with E-state index in [9.17, 15) is 21.6 Å². The molecule has 0 unspecified atom stereocenters. The first-order chi connectivity index (χ1) is 9.29. The summed E-state index contributed by atoms with van der Waals surface area (Å²) in [5.74, 6) is 0.362. The van der Waals surface area contributed by atoms with E-state index in [1.165, 1.54) is 12.4 Å². The first-order valence-electron chi connectivity index (χ1n) is 5.44. The Labute approximate surface area is 112 Å². The van der Waals surface area contributed by atoms with Gasteiger partial charge in [0.2, 0.25) is 10.0 Å². The first kappa shape index (κ1) is 14.5. The Bertz CT molecular complexity index is 681. The maximum atomic E-state index is 12.5. The fourth-order valence-corrected chi connectivity index (χ4v) is 2.51. The molecule has 0 saturated heterocycles. The molecule has 0 fully saturated rings. The molecule has 0 aliphatic carbocycles. The topological polar surface area (TPSA) is 74.8 Å². The van der Waals surface area contributed by atoms with Gasteiger partial charge in [0.25, 0.3) is 0 Å². The molecular formula is C11H10F3N3O2S. The van der Waals surface area contributed by atoms with Crippen molar-refractivity contribution in [2.24, 2.45) is 0 Å². The van der Waals surface area contributed by atoms with E-state index in [4.69, 9.17) is 0 Å². The molecule has 0 saturated carbocycles. The Morgan fingerprint density at radius 1 is 1.30 bits per heavy atom. The average molecular weight is 305 g/mol. The highest BCUT2D eigenvalue weighted by atomic mass is 32.2. The predicted octanol–water partition coefficient (Wildman–Crippen LogP) is 1.91. The molecule has 0 aliphatic rings. The van der Waals surface area contributed by atoms with E-state index in [2.05, 4.69) is 14.7 Å². The summed E-state index contributed by atoms with van der Waals surface area (Å²) in [4.78, 5) is 6.04. The maximum absolute atomic E-state index is 12.5. The summed E-state index contributed by atoms with van der Waals surface area (Å²) in [6, 6.07) is 3.54. The predicted molar refractivity (Wildman–Crippen MR) is 64.1 cm³/mol. The highest BCUT2D eigenvalue weighted by Gasteiger charge is 2.31.